The molecule has 0 radical (unpaired) electrons. The Labute approximate surface area is 89.6 Å². The van der Waals surface area contributed by atoms with E-state index in [2.05, 4.69) is 0 Å². The highest BCUT2D eigenvalue weighted by Crippen LogP contribution is 2.31. The van der Waals surface area contributed by atoms with Crippen molar-refractivity contribution in [1.29, 1.82) is 0 Å². The van der Waals surface area contributed by atoms with Gasteiger partial charge < -0.3 is 14.6 Å². The Kier molecular flexibility index (Phi) is 2.93. The van der Waals surface area contributed by atoms with E-state index in [9.17, 15) is 5.11 Å². The molecular weight excluding hydrogens is 192 g/mol. The minimum atomic E-state index is -0.815. The van der Waals surface area contributed by atoms with Crippen LogP contribution in [-0.2, 0) is 10.3 Å². The molecule has 1 unspecified atom stereocenters. The lowest BCUT2D eigenvalue weighted by Crippen LogP contribution is -2.35. The van der Waals surface area contributed by atoms with Crippen LogP contribution in [0.15, 0.2) is 24.3 Å². The summed E-state index contributed by atoms with van der Waals surface area (Å²) in [6, 6.07) is 7.52. The predicted molar refractivity (Wildman–Crippen MR) is 56.9 cm³/mol. The molecule has 1 aliphatic heterocycles. The highest BCUT2D eigenvalue weighted by Gasteiger charge is 2.31. The third kappa shape index (κ3) is 2.13. The Balaban J connectivity index is 2.20. The second kappa shape index (κ2) is 4.21. The highest BCUT2D eigenvalue weighted by molar-refractivity contribution is 5.31. The van der Waals surface area contributed by atoms with Crippen LogP contribution in [-0.4, -0.2) is 25.4 Å². The molecular formula is C12H16O3. The molecule has 3 nitrogen and oxygen atoms in total. The molecule has 3 heteroatoms. The fraction of sp³-hybridized carbons (Fsp3) is 0.500. The number of aliphatic hydroxyl groups is 1. The molecule has 1 aromatic rings. The molecule has 1 N–H and O–H groups in total. The summed E-state index contributed by atoms with van der Waals surface area (Å²) in [5.74, 6) is 0.805. The molecule has 1 aromatic carbocycles. The SMILES string of the molecule is COc1ccc(C2(O)CCCOC2)cc1. The van der Waals surface area contributed by atoms with Crippen LogP contribution >= 0.6 is 0 Å². The Bertz CT molecular complexity index is 312. The van der Waals surface area contributed by atoms with Crippen LogP contribution < -0.4 is 4.74 Å². The van der Waals surface area contributed by atoms with Gasteiger partial charge in [-0.25, -0.2) is 0 Å². The lowest BCUT2D eigenvalue weighted by molar-refractivity contribution is -0.0902. The summed E-state index contributed by atoms with van der Waals surface area (Å²) in [4.78, 5) is 0. The Morgan fingerprint density at radius 1 is 1.33 bits per heavy atom. The molecule has 0 bridgehead atoms. The summed E-state index contributed by atoms with van der Waals surface area (Å²) in [7, 11) is 1.63. The van der Waals surface area contributed by atoms with E-state index in [1.54, 1.807) is 7.11 Å². The van der Waals surface area contributed by atoms with Gasteiger partial charge in [-0.3, -0.25) is 0 Å². The fourth-order valence-electron chi connectivity index (χ4n) is 1.91. The maximum atomic E-state index is 10.3. The molecule has 82 valence electrons. The number of benzene rings is 1. The third-order valence-corrected chi connectivity index (χ3v) is 2.85. The molecule has 0 aliphatic carbocycles. The van der Waals surface area contributed by atoms with Gasteiger partial charge in [-0.1, -0.05) is 12.1 Å². The van der Waals surface area contributed by atoms with E-state index in [0.717, 1.165) is 30.8 Å². The average molecular weight is 208 g/mol. The van der Waals surface area contributed by atoms with Gasteiger partial charge in [-0.2, -0.15) is 0 Å². The molecule has 0 aromatic heterocycles. The van der Waals surface area contributed by atoms with E-state index in [4.69, 9.17) is 9.47 Å². The van der Waals surface area contributed by atoms with Crippen LogP contribution in [0.2, 0.25) is 0 Å². The summed E-state index contributed by atoms with van der Waals surface area (Å²) >= 11 is 0. The fourth-order valence-corrected chi connectivity index (χ4v) is 1.91. The van der Waals surface area contributed by atoms with Crippen molar-refractivity contribution in [3.8, 4) is 5.75 Å². The molecule has 1 heterocycles. The van der Waals surface area contributed by atoms with Crippen molar-refractivity contribution >= 4 is 0 Å². The maximum Gasteiger partial charge on any atom is 0.118 e. The smallest absolute Gasteiger partial charge is 0.118 e. The first-order chi connectivity index (χ1) is 7.24. The zero-order chi connectivity index (χ0) is 10.7. The minimum absolute atomic E-state index is 0.388. The van der Waals surface area contributed by atoms with Crippen LogP contribution in [0.4, 0.5) is 0 Å². The van der Waals surface area contributed by atoms with E-state index < -0.39 is 5.60 Å². The molecule has 0 amide bonds. The lowest BCUT2D eigenvalue weighted by Gasteiger charge is -2.32. The first-order valence-corrected chi connectivity index (χ1v) is 5.19. The summed E-state index contributed by atoms with van der Waals surface area (Å²) in [5, 5.41) is 10.3. The monoisotopic (exact) mass is 208 g/mol. The zero-order valence-corrected chi connectivity index (χ0v) is 8.90. The molecule has 2 rings (SSSR count). The van der Waals surface area contributed by atoms with Crippen molar-refractivity contribution in [3.63, 3.8) is 0 Å². The Morgan fingerprint density at radius 2 is 2.07 bits per heavy atom. The number of hydrogen-bond acceptors (Lipinski definition) is 3. The molecule has 1 aliphatic rings. The van der Waals surface area contributed by atoms with Crippen molar-refractivity contribution in [2.75, 3.05) is 20.3 Å². The molecule has 1 fully saturated rings. The van der Waals surface area contributed by atoms with Gasteiger partial charge in [0.15, 0.2) is 0 Å². The van der Waals surface area contributed by atoms with Gasteiger partial charge in [-0.15, -0.1) is 0 Å². The third-order valence-electron chi connectivity index (χ3n) is 2.85. The van der Waals surface area contributed by atoms with Gasteiger partial charge in [0.2, 0.25) is 0 Å². The first-order valence-electron chi connectivity index (χ1n) is 5.19. The van der Waals surface area contributed by atoms with E-state index in [1.165, 1.54) is 0 Å². The Hall–Kier alpha value is -1.06. The number of rotatable bonds is 2. The van der Waals surface area contributed by atoms with Crippen molar-refractivity contribution in [2.45, 2.75) is 18.4 Å². The van der Waals surface area contributed by atoms with Crippen molar-refractivity contribution in [2.24, 2.45) is 0 Å². The number of ether oxygens (including phenoxy) is 2. The summed E-state index contributed by atoms with van der Waals surface area (Å²) in [6.07, 6.45) is 1.67. The van der Waals surface area contributed by atoms with Crippen LogP contribution in [0.1, 0.15) is 18.4 Å². The van der Waals surface area contributed by atoms with Crippen LogP contribution in [0.25, 0.3) is 0 Å². The van der Waals surface area contributed by atoms with E-state index >= 15 is 0 Å². The number of methoxy groups -OCH3 is 1. The van der Waals surface area contributed by atoms with Gasteiger partial charge in [0.05, 0.1) is 13.7 Å². The molecule has 0 saturated carbocycles. The van der Waals surface area contributed by atoms with Gasteiger partial charge in [-0.05, 0) is 30.5 Å². The van der Waals surface area contributed by atoms with E-state index in [0.29, 0.717) is 6.61 Å². The van der Waals surface area contributed by atoms with Crippen LogP contribution in [0, 0.1) is 0 Å². The minimum Gasteiger partial charge on any atom is -0.497 e. The van der Waals surface area contributed by atoms with Gasteiger partial charge >= 0.3 is 0 Å². The second-order valence-electron chi connectivity index (χ2n) is 3.92. The molecule has 15 heavy (non-hydrogen) atoms. The van der Waals surface area contributed by atoms with E-state index in [1.807, 2.05) is 24.3 Å². The zero-order valence-electron chi connectivity index (χ0n) is 8.90. The standard InChI is InChI=1S/C12H16O3/c1-14-11-5-3-10(4-6-11)12(13)7-2-8-15-9-12/h3-6,13H,2,7-9H2,1H3. The van der Waals surface area contributed by atoms with Gasteiger partial charge in [0, 0.05) is 6.61 Å². The van der Waals surface area contributed by atoms with Gasteiger partial charge in [0.1, 0.15) is 11.4 Å². The van der Waals surface area contributed by atoms with Crippen LogP contribution in [0.3, 0.4) is 0 Å². The summed E-state index contributed by atoms with van der Waals surface area (Å²) < 4.78 is 10.4. The predicted octanol–water partition coefficient (Wildman–Crippen LogP) is 1.69. The average Bonchev–Trinajstić information content (AvgIpc) is 2.30. The molecule has 1 atom stereocenters. The quantitative estimate of drug-likeness (QED) is 0.803. The molecule has 0 spiro atoms. The normalized spacial score (nSPS) is 26.3. The van der Waals surface area contributed by atoms with Crippen LogP contribution in [0.5, 0.6) is 5.75 Å². The van der Waals surface area contributed by atoms with Gasteiger partial charge in [0.25, 0.3) is 0 Å². The maximum absolute atomic E-state index is 10.3. The summed E-state index contributed by atoms with van der Waals surface area (Å²) in [6.45, 7) is 1.14. The second-order valence-corrected chi connectivity index (χ2v) is 3.92. The first kappa shape index (κ1) is 10.5. The van der Waals surface area contributed by atoms with Crippen molar-refractivity contribution in [3.05, 3.63) is 29.8 Å². The number of hydrogen-bond donors (Lipinski definition) is 1. The van der Waals surface area contributed by atoms with Crippen molar-refractivity contribution in [1.82, 2.24) is 0 Å². The largest absolute Gasteiger partial charge is 0.497 e. The molecule has 1 saturated heterocycles. The topological polar surface area (TPSA) is 38.7 Å². The Morgan fingerprint density at radius 3 is 2.60 bits per heavy atom. The highest BCUT2D eigenvalue weighted by atomic mass is 16.5. The lowest BCUT2D eigenvalue weighted by atomic mass is 9.88. The van der Waals surface area contributed by atoms with Crippen molar-refractivity contribution < 1.29 is 14.6 Å². The van der Waals surface area contributed by atoms with E-state index in [-0.39, 0.29) is 0 Å². The summed E-state index contributed by atoms with van der Waals surface area (Å²) in [5.41, 5.74) is 0.0906.